The van der Waals surface area contributed by atoms with Crippen LogP contribution >= 0.6 is 0 Å². The number of carbonyl (C=O) groups is 3. The molecule has 0 radical (unpaired) electrons. The summed E-state index contributed by atoms with van der Waals surface area (Å²) in [4.78, 5) is 38.3. The molecule has 0 spiro atoms. The molecule has 0 saturated carbocycles. The Labute approximate surface area is 473 Å². The fraction of sp³-hybridized carbons (Fsp3) is 0.843. The van der Waals surface area contributed by atoms with Crippen LogP contribution in [0.15, 0.2) is 48.6 Å². The highest BCUT2D eigenvalue weighted by atomic mass is 16.6. The number of rotatable bonds is 62. The molecule has 0 aromatic heterocycles. The lowest BCUT2D eigenvalue weighted by molar-refractivity contribution is -0.167. The molecule has 76 heavy (non-hydrogen) atoms. The van der Waals surface area contributed by atoms with Crippen LogP contribution in [-0.2, 0) is 28.6 Å². The van der Waals surface area contributed by atoms with Gasteiger partial charge in [0.2, 0.25) is 0 Å². The molecule has 0 aliphatic heterocycles. The zero-order valence-corrected chi connectivity index (χ0v) is 51.0. The summed E-state index contributed by atoms with van der Waals surface area (Å²) in [6.45, 7) is 6.58. The lowest BCUT2D eigenvalue weighted by atomic mass is 10.0. The first kappa shape index (κ1) is 73.4. The molecule has 0 rings (SSSR count). The number of hydrogen-bond acceptors (Lipinski definition) is 6. The van der Waals surface area contributed by atoms with Gasteiger partial charge in [0.15, 0.2) is 6.10 Å². The van der Waals surface area contributed by atoms with Crippen molar-refractivity contribution >= 4 is 17.9 Å². The summed E-state index contributed by atoms with van der Waals surface area (Å²) in [6, 6.07) is 0. The van der Waals surface area contributed by atoms with Crippen LogP contribution < -0.4 is 0 Å². The SMILES string of the molecule is CC/C=C\C/C=C\C/C=C\C/C=C\CCCCCCCCCCCCCCC(=O)OCC(COC(=O)CCCCCCCCCCCC)OC(=O)CCCCCCCCCCCCCCCCCCCCCCCCC. The molecule has 1 unspecified atom stereocenters. The van der Waals surface area contributed by atoms with Gasteiger partial charge in [-0.05, 0) is 57.8 Å². The van der Waals surface area contributed by atoms with Gasteiger partial charge in [0.1, 0.15) is 13.2 Å². The van der Waals surface area contributed by atoms with E-state index in [2.05, 4.69) is 69.4 Å². The Balaban J connectivity index is 4.18. The first-order valence-electron chi connectivity index (χ1n) is 33.6. The van der Waals surface area contributed by atoms with Crippen LogP contribution in [0.3, 0.4) is 0 Å². The van der Waals surface area contributed by atoms with E-state index in [4.69, 9.17) is 14.2 Å². The number of esters is 3. The van der Waals surface area contributed by atoms with E-state index < -0.39 is 6.10 Å². The second-order valence-electron chi connectivity index (χ2n) is 22.7. The van der Waals surface area contributed by atoms with Gasteiger partial charge in [-0.25, -0.2) is 0 Å². The second kappa shape index (κ2) is 64.9. The van der Waals surface area contributed by atoms with Gasteiger partial charge in [-0.1, -0.05) is 333 Å². The first-order chi connectivity index (χ1) is 37.5. The van der Waals surface area contributed by atoms with E-state index in [1.165, 1.54) is 238 Å². The smallest absolute Gasteiger partial charge is 0.306 e. The summed E-state index contributed by atoms with van der Waals surface area (Å²) < 4.78 is 16.9. The third-order valence-corrected chi connectivity index (χ3v) is 15.1. The van der Waals surface area contributed by atoms with E-state index in [0.717, 1.165) is 83.5 Å². The molecule has 0 aromatic carbocycles. The number of carbonyl (C=O) groups excluding carboxylic acids is 3. The molecule has 0 amide bonds. The van der Waals surface area contributed by atoms with E-state index in [9.17, 15) is 14.4 Å². The summed E-state index contributed by atoms with van der Waals surface area (Å²) in [6.07, 6.45) is 81.4. The van der Waals surface area contributed by atoms with E-state index >= 15 is 0 Å². The maximum atomic E-state index is 12.9. The topological polar surface area (TPSA) is 78.9 Å². The van der Waals surface area contributed by atoms with Gasteiger partial charge in [0, 0.05) is 19.3 Å². The summed E-state index contributed by atoms with van der Waals surface area (Å²) in [5.74, 6) is -0.847. The van der Waals surface area contributed by atoms with Crippen molar-refractivity contribution in [2.75, 3.05) is 13.2 Å². The van der Waals surface area contributed by atoms with E-state index in [0.29, 0.717) is 19.3 Å². The zero-order valence-electron chi connectivity index (χ0n) is 51.0. The molecule has 1 atom stereocenters. The monoisotopic (exact) mass is 1060 g/mol. The number of ether oxygens (including phenoxy) is 3. The average molecular weight is 1070 g/mol. The van der Waals surface area contributed by atoms with Gasteiger partial charge in [0.05, 0.1) is 0 Å². The molecule has 0 N–H and O–H groups in total. The van der Waals surface area contributed by atoms with Crippen LogP contribution in [0.25, 0.3) is 0 Å². The molecule has 0 fully saturated rings. The van der Waals surface area contributed by atoms with Crippen LogP contribution in [0.4, 0.5) is 0 Å². The van der Waals surface area contributed by atoms with Crippen LogP contribution in [0.2, 0.25) is 0 Å². The zero-order chi connectivity index (χ0) is 55.0. The molecule has 0 aliphatic carbocycles. The fourth-order valence-corrected chi connectivity index (χ4v) is 10.1. The van der Waals surface area contributed by atoms with Gasteiger partial charge in [0.25, 0.3) is 0 Å². The highest BCUT2D eigenvalue weighted by molar-refractivity contribution is 5.71. The Bertz CT molecular complexity index is 1310. The predicted molar refractivity (Wildman–Crippen MR) is 330 cm³/mol. The summed E-state index contributed by atoms with van der Waals surface area (Å²) in [5, 5.41) is 0. The van der Waals surface area contributed by atoms with Crippen molar-refractivity contribution in [1.29, 1.82) is 0 Å². The molecule has 0 bridgehead atoms. The minimum absolute atomic E-state index is 0.0678. The van der Waals surface area contributed by atoms with Crippen molar-refractivity contribution in [2.45, 2.75) is 367 Å². The van der Waals surface area contributed by atoms with Gasteiger partial charge in [-0.15, -0.1) is 0 Å². The van der Waals surface area contributed by atoms with Gasteiger partial charge < -0.3 is 14.2 Å². The van der Waals surface area contributed by atoms with Crippen LogP contribution in [0.5, 0.6) is 0 Å². The first-order valence-corrected chi connectivity index (χ1v) is 33.6. The predicted octanol–water partition coefficient (Wildman–Crippen LogP) is 22.9. The van der Waals surface area contributed by atoms with Gasteiger partial charge >= 0.3 is 17.9 Å². The largest absolute Gasteiger partial charge is 0.462 e. The molecule has 0 aromatic rings. The molecule has 444 valence electrons. The quantitative estimate of drug-likeness (QED) is 0.0261. The summed E-state index contributed by atoms with van der Waals surface area (Å²) in [7, 11) is 0. The maximum absolute atomic E-state index is 12.9. The third-order valence-electron chi connectivity index (χ3n) is 15.1. The van der Waals surface area contributed by atoms with E-state index in [-0.39, 0.29) is 31.1 Å². The van der Waals surface area contributed by atoms with Gasteiger partial charge in [-0.2, -0.15) is 0 Å². The van der Waals surface area contributed by atoms with Crippen molar-refractivity contribution in [3.63, 3.8) is 0 Å². The normalized spacial score (nSPS) is 12.3. The highest BCUT2D eigenvalue weighted by Crippen LogP contribution is 2.18. The average Bonchev–Trinajstić information content (AvgIpc) is 3.42. The molecule has 6 heteroatoms. The second-order valence-corrected chi connectivity index (χ2v) is 22.7. The Morgan fingerprint density at radius 2 is 0.513 bits per heavy atom. The van der Waals surface area contributed by atoms with Crippen molar-refractivity contribution in [2.24, 2.45) is 0 Å². The Morgan fingerprint density at radius 1 is 0.276 bits per heavy atom. The van der Waals surface area contributed by atoms with E-state index in [1.54, 1.807) is 0 Å². The Kier molecular flexibility index (Phi) is 62.6. The number of allylic oxidation sites excluding steroid dienone is 8. The lowest BCUT2D eigenvalue weighted by Crippen LogP contribution is -2.30. The van der Waals surface area contributed by atoms with Crippen molar-refractivity contribution in [1.82, 2.24) is 0 Å². The minimum Gasteiger partial charge on any atom is -0.462 e. The summed E-state index contributed by atoms with van der Waals surface area (Å²) >= 11 is 0. The standard InChI is InChI=1S/C70H128O6/c1-4-7-10-13-16-19-22-24-26-28-30-32-34-35-37-38-40-42-44-46-48-51-54-57-60-63-69(72)75-66-67(65-74-68(71)62-59-56-53-50-21-18-15-12-9-6-3)76-70(73)64-61-58-55-52-49-47-45-43-41-39-36-33-31-29-27-25-23-20-17-14-11-8-5-2/h7,10,16,19,24,26,30,32,67H,4-6,8-9,11-15,17-18,20-23,25,27-29,31,33-66H2,1-3H3/b10-7-,19-16-,26-24-,32-30-. The molecule has 0 aliphatic rings. The van der Waals surface area contributed by atoms with Crippen molar-refractivity contribution in [3.05, 3.63) is 48.6 Å². The lowest BCUT2D eigenvalue weighted by Gasteiger charge is -2.18. The minimum atomic E-state index is -0.770. The molecular formula is C70H128O6. The Morgan fingerprint density at radius 3 is 0.803 bits per heavy atom. The van der Waals surface area contributed by atoms with E-state index in [1.807, 2.05) is 0 Å². The molecule has 6 nitrogen and oxygen atoms in total. The third kappa shape index (κ3) is 62.2. The van der Waals surface area contributed by atoms with Crippen molar-refractivity contribution < 1.29 is 28.6 Å². The van der Waals surface area contributed by atoms with Crippen molar-refractivity contribution in [3.8, 4) is 0 Å². The fourth-order valence-electron chi connectivity index (χ4n) is 10.1. The van der Waals surface area contributed by atoms with Crippen LogP contribution in [0, 0.1) is 0 Å². The number of hydrogen-bond donors (Lipinski definition) is 0. The Hall–Kier alpha value is -2.63. The maximum Gasteiger partial charge on any atom is 0.306 e. The van der Waals surface area contributed by atoms with Gasteiger partial charge in [-0.3, -0.25) is 14.4 Å². The number of unbranched alkanes of at least 4 members (excludes halogenated alkanes) is 43. The van der Waals surface area contributed by atoms with Crippen LogP contribution in [-0.4, -0.2) is 37.2 Å². The van der Waals surface area contributed by atoms with Crippen LogP contribution in [0.1, 0.15) is 361 Å². The highest BCUT2D eigenvalue weighted by Gasteiger charge is 2.19. The molecule has 0 heterocycles. The molecular weight excluding hydrogens is 937 g/mol. The molecule has 0 saturated heterocycles. The summed E-state index contributed by atoms with van der Waals surface area (Å²) in [5.41, 5.74) is 0.